The Balaban J connectivity index is 2.42. The van der Waals surface area contributed by atoms with Crippen LogP contribution in [-0.2, 0) is 4.79 Å². The van der Waals surface area contributed by atoms with Crippen LogP contribution in [0.2, 0.25) is 0 Å². The molecule has 2 rings (SSSR count). The van der Waals surface area contributed by atoms with Gasteiger partial charge < -0.3 is 9.72 Å². The fraction of sp³-hybridized carbons (Fsp3) is 0.111. The second kappa shape index (κ2) is 2.90. The zero-order valence-corrected chi connectivity index (χ0v) is 7.19. The molecule has 1 amide bonds. The summed E-state index contributed by atoms with van der Waals surface area (Å²) >= 11 is 0. The number of hydrogen-bond acceptors (Lipinski definition) is 2. The first-order valence-electron chi connectivity index (χ1n) is 3.96. The summed E-state index contributed by atoms with van der Waals surface area (Å²) in [7, 11) is 0. The molecule has 0 saturated heterocycles. The molecule has 1 N–H and O–H groups in total. The SMILES string of the molecule is CC(=O)Nc1ccn2ccnc2c1. The lowest BCUT2D eigenvalue weighted by Gasteiger charge is -2.01. The zero-order valence-electron chi connectivity index (χ0n) is 7.19. The van der Waals surface area contributed by atoms with E-state index in [0.717, 1.165) is 11.3 Å². The molecule has 2 aromatic rings. The fourth-order valence-electron chi connectivity index (χ4n) is 1.19. The molecule has 0 atom stereocenters. The van der Waals surface area contributed by atoms with Crippen molar-refractivity contribution in [3.8, 4) is 0 Å². The van der Waals surface area contributed by atoms with E-state index >= 15 is 0 Å². The molecule has 2 heterocycles. The first-order valence-corrected chi connectivity index (χ1v) is 3.96. The summed E-state index contributed by atoms with van der Waals surface area (Å²) in [6.45, 7) is 1.48. The van der Waals surface area contributed by atoms with Gasteiger partial charge in [0.05, 0.1) is 0 Å². The quantitative estimate of drug-likeness (QED) is 0.709. The summed E-state index contributed by atoms with van der Waals surface area (Å²) in [5.41, 5.74) is 1.59. The van der Waals surface area contributed by atoms with Gasteiger partial charge in [0.15, 0.2) is 0 Å². The van der Waals surface area contributed by atoms with Crippen LogP contribution in [0.3, 0.4) is 0 Å². The Kier molecular flexibility index (Phi) is 1.73. The number of anilines is 1. The number of imidazole rings is 1. The van der Waals surface area contributed by atoms with Crippen LogP contribution in [0.4, 0.5) is 5.69 Å². The lowest BCUT2D eigenvalue weighted by molar-refractivity contribution is -0.114. The molecular formula is C9H9N3O. The van der Waals surface area contributed by atoms with Crippen molar-refractivity contribution in [1.29, 1.82) is 0 Å². The minimum absolute atomic E-state index is 0.0732. The number of fused-ring (bicyclic) bond motifs is 1. The maximum atomic E-state index is 10.7. The highest BCUT2D eigenvalue weighted by Gasteiger charge is 1.97. The summed E-state index contributed by atoms with van der Waals surface area (Å²) < 4.78 is 1.88. The van der Waals surface area contributed by atoms with Crippen LogP contribution < -0.4 is 5.32 Å². The largest absolute Gasteiger partial charge is 0.326 e. The van der Waals surface area contributed by atoms with Gasteiger partial charge in [0.2, 0.25) is 5.91 Å². The molecule has 0 unspecified atom stereocenters. The molecule has 0 spiro atoms. The molecule has 4 nitrogen and oxygen atoms in total. The summed E-state index contributed by atoms with van der Waals surface area (Å²) in [5.74, 6) is -0.0732. The molecule has 0 aliphatic rings. The monoisotopic (exact) mass is 175 g/mol. The van der Waals surface area contributed by atoms with Gasteiger partial charge in [0.1, 0.15) is 5.65 Å². The highest BCUT2D eigenvalue weighted by molar-refractivity contribution is 5.89. The Morgan fingerprint density at radius 2 is 2.38 bits per heavy atom. The predicted octanol–water partition coefficient (Wildman–Crippen LogP) is 1.29. The van der Waals surface area contributed by atoms with Gasteiger partial charge in [-0.2, -0.15) is 0 Å². The van der Waals surface area contributed by atoms with Gasteiger partial charge in [-0.25, -0.2) is 4.98 Å². The standard InChI is InChI=1S/C9H9N3O/c1-7(13)11-8-2-4-12-5-3-10-9(12)6-8/h2-6H,1H3,(H,11,13). The molecular weight excluding hydrogens is 166 g/mol. The number of aromatic nitrogens is 2. The number of carbonyl (C=O) groups is 1. The average molecular weight is 175 g/mol. The third kappa shape index (κ3) is 1.51. The maximum absolute atomic E-state index is 10.7. The third-order valence-corrected chi connectivity index (χ3v) is 1.72. The molecule has 0 aliphatic carbocycles. The van der Waals surface area contributed by atoms with E-state index in [1.165, 1.54) is 6.92 Å². The van der Waals surface area contributed by atoms with E-state index in [4.69, 9.17) is 0 Å². The Hall–Kier alpha value is -1.84. The van der Waals surface area contributed by atoms with Crippen molar-refractivity contribution in [2.45, 2.75) is 6.92 Å². The lowest BCUT2D eigenvalue weighted by atomic mass is 10.4. The maximum Gasteiger partial charge on any atom is 0.221 e. The first-order chi connectivity index (χ1) is 6.25. The number of nitrogens with zero attached hydrogens (tertiary/aromatic N) is 2. The van der Waals surface area contributed by atoms with Crippen molar-refractivity contribution in [2.24, 2.45) is 0 Å². The predicted molar refractivity (Wildman–Crippen MR) is 49.5 cm³/mol. The Labute approximate surface area is 75.2 Å². The van der Waals surface area contributed by atoms with Crippen molar-refractivity contribution in [1.82, 2.24) is 9.38 Å². The van der Waals surface area contributed by atoms with E-state index in [9.17, 15) is 4.79 Å². The van der Waals surface area contributed by atoms with Crippen LogP contribution in [0.25, 0.3) is 5.65 Å². The van der Waals surface area contributed by atoms with Gasteiger partial charge in [-0.15, -0.1) is 0 Å². The van der Waals surface area contributed by atoms with Crippen LogP contribution in [0, 0.1) is 0 Å². The van der Waals surface area contributed by atoms with Crippen molar-refractivity contribution >= 4 is 17.2 Å². The molecule has 0 radical (unpaired) electrons. The van der Waals surface area contributed by atoms with Gasteiger partial charge in [-0.1, -0.05) is 0 Å². The minimum Gasteiger partial charge on any atom is -0.326 e. The first kappa shape index (κ1) is 7.79. The number of amides is 1. The molecule has 2 aromatic heterocycles. The van der Waals surface area contributed by atoms with Crippen molar-refractivity contribution in [3.05, 3.63) is 30.7 Å². The fourth-order valence-corrected chi connectivity index (χ4v) is 1.19. The Morgan fingerprint density at radius 3 is 3.15 bits per heavy atom. The molecule has 4 heteroatoms. The lowest BCUT2D eigenvalue weighted by Crippen LogP contribution is -2.05. The van der Waals surface area contributed by atoms with E-state index < -0.39 is 0 Å². The highest BCUT2D eigenvalue weighted by atomic mass is 16.1. The molecule has 0 aromatic carbocycles. The van der Waals surface area contributed by atoms with E-state index in [0.29, 0.717) is 0 Å². The van der Waals surface area contributed by atoms with Crippen molar-refractivity contribution in [2.75, 3.05) is 5.32 Å². The Bertz CT molecular complexity index is 447. The number of rotatable bonds is 1. The van der Waals surface area contributed by atoms with Gasteiger partial charge >= 0.3 is 0 Å². The van der Waals surface area contributed by atoms with Gasteiger partial charge in [0.25, 0.3) is 0 Å². The van der Waals surface area contributed by atoms with Crippen LogP contribution in [0.5, 0.6) is 0 Å². The van der Waals surface area contributed by atoms with E-state index in [-0.39, 0.29) is 5.91 Å². The van der Waals surface area contributed by atoms with Crippen molar-refractivity contribution in [3.63, 3.8) is 0 Å². The smallest absolute Gasteiger partial charge is 0.221 e. The highest BCUT2D eigenvalue weighted by Crippen LogP contribution is 2.09. The number of carbonyl (C=O) groups excluding carboxylic acids is 1. The van der Waals surface area contributed by atoms with Gasteiger partial charge in [0, 0.05) is 37.3 Å². The summed E-state index contributed by atoms with van der Waals surface area (Å²) in [4.78, 5) is 14.8. The molecule has 0 fully saturated rings. The molecule has 0 saturated carbocycles. The molecule has 13 heavy (non-hydrogen) atoms. The van der Waals surface area contributed by atoms with E-state index in [1.807, 2.05) is 28.9 Å². The van der Waals surface area contributed by atoms with Crippen LogP contribution in [0.15, 0.2) is 30.7 Å². The Morgan fingerprint density at radius 1 is 1.54 bits per heavy atom. The van der Waals surface area contributed by atoms with Gasteiger partial charge in [-0.05, 0) is 6.07 Å². The van der Waals surface area contributed by atoms with E-state index in [2.05, 4.69) is 10.3 Å². The molecule has 66 valence electrons. The van der Waals surface area contributed by atoms with Crippen LogP contribution in [-0.4, -0.2) is 15.3 Å². The second-order valence-corrected chi connectivity index (χ2v) is 2.79. The number of nitrogens with one attached hydrogen (secondary N) is 1. The summed E-state index contributed by atoms with van der Waals surface area (Å²) in [6.07, 6.45) is 5.42. The molecule has 0 bridgehead atoms. The van der Waals surface area contributed by atoms with E-state index in [1.54, 1.807) is 6.20 Å². The molecule has 0 aliphatic heterocycles. The second-order valence-electron chi connectivity index (χ2n) is 2.79. The zero-order chi connectivity index (χ0) is 9.26. The summed E-state index contributed by atoms with van der Waals surface area (Å²) in [6, 6.07) is 3.65. The number of pyridine rings is 1. The number of hydrogen-bond donors (Lipinski definition) is 1. The summed E-state index contributed by atoms with van der Waals surface area (Å²) in [5, 5.41) is 2.69. The minimum atomic E-state index is -0.0732. The van der Waals surface area contributed by atoms with Crippen LogP contribution in [0.1, 0.15) is 6.92 Å². The third-order valence-electron chi connectivity index (χ3n) is 1.72. The van der Waals surface area contributed by atoms with Crippen molar-refractivity contribution < 1.29 is 4.79 Å². The average Bonchev–Trinajstić information content (AvgIpc) is 2.49. The normalized spacial score (nSPS) is 10.2. The van der Waals surface area contributed by atoms with Gasteiger partial charge in [-0.3, -0.25) is 4.79 Å². The topological polar surface area (TPSA) is 46.4 Å². The van der Waals surface area contributed by atoms with Crippen LogP contribution >= 0.6 is 0 Å².